The molecular weight excluding hydrogens is 811 g/mol. The number of fused-ring (bicyclic) bond motifs is 7. The molecule has 0 unspecified atom stereocenters. The summed E-state index contributed by atoms with van der Waals surface area (Å²) in [4.78, 5) is 2.37. The van der Waals surface area contributed by atoms with Crippen molar-refractivity contribution in [2.75, 3.05) is 4.90 Å². The Balaban J connectivity index is 0.919. The highest BCUT2D eigenvalue weighted by Crippen LogP contribution is 2.56. The molecule has 314 valence electrons. The van der Waals surface area contributed by atoms with Crippen LogP contribution < -0.4 is 4.90 Å². The van der Waals surface area contributed by atoms with Crippen LogP contribution in [0.2, 0.25) is 0 Å². The molecule has 13 rings (SSSR count). The van der Waals surface area contributed by atoms with E-state index in [1.54, 1.807) is 0 Å². The van der Waals surface area contributed by atoms with E-state index in [1.165, 1.54) is 66.4 Å². The second-order valence-corrected chi connectivity index (χ2v) is 17.6. The lowest BCUT2D eigenvalue weighted by Crippen LogP contribution is -2.28. The first-order chi connectivity index (χ1) is 33.2. The Bertz CT molecular complexity index is 3750. The topological polar surface area (TPSA) is 16.4 Å². The van der Waals surface area contributed by atoms with Gasteiger partial charge in [-0.05, 0) is 138 Å². The molecule has 2 heteroatoms. The van der Waals surface area contributed by atoms with Gasteiger partial charge in [-0.2, -0.15) is 0 Å². The summed E-state index contributed by atoms with van der Waals surface area (Å²) in [6.45, 7) is 0. The average Bonchev–Trinajstić information content (AvgIpc) is 3.93. The van der Waals surface area contributed by atoms with Gasteiger partial charge < -0.3 is 9.32 Å². The summed E-state index contributed by atoms with van der Waals surface area (Å²) < 4.78 is 6.29. The summed E-state index contributed by atoms with van der Waals surface area (Å²) in [6.07, 6.45) is 0. The molecule has 0 radical (unpaired) electrons. The van der Waals surface area contributed by atoms with Crippen LogP contribution in [0.5, 0.6) is 0 Å². The van der Waals surface area contributed by atoms with Crippen molar-refractivity contribution in [3.05, 3.63) is 283 Å². The second-order valence-electron chi connectivity index (χ2n) is 17.6. The highest BCUT2D eigenvalue weighted by Gasteiger charge is 2.46. The quantitative estimate of drug-likeness (QED) is 0.151. The highest BCUT2D eigenvalue weighted by molar-refractivity contribution is 6.06. The molecule has 0 atom stereocenters. The Kier molecular flexibility index (Phi) is 9.11. The molecule has 1 heterocycles. The summed E-state index contributed by atoms with van der Waals surface area (Å²) in [7, 11) is 0. The monoisotopic (exact) mass is 853 g/mol. The molecule has 1 aromatic heterocycles. The lowest BCUT2D eigenvalue weighted by Gasteiger charge is -2.34. The van der Waals surface area contributed by atoms with Gasteiger partial charge >= 0.3 is 0 Å². The van der Waals surface area contributed by atoms with Crippen molar-refractivity contribution in [3.8, 4) is 44.5 Å². The molecule has 0 N–H and O–H groups in total. The SMILES string of the molecule is c1ccc(C2(c3ccccc3)c3ccccc3-c3ccc(-c4ccc(N(c5ccc(-c6ccc7c(c6)oc6ccccc67)cc5)c5cccc(-c6cccc7ccccc67)c5)cc4)cc32)cc1. The third kappa shape index (κ3) is 6.33. The molecule has 1 aliphatic carbocycles. The Morgan fingerprint density at radius 3 is 1.57 bits per heavy atom. The molecular formula is C65H43NO. The number of anilines is 3. The van der Waals surface area contributed by atoms with Crippen LogP contribution in [-0.4, -0.2) is 0 Å². The van der Waals surface area contributed by atoms with Gasteiger partial charge in [-0.3, -0.25) is 0 Å². The number of benzene rings is 11. The number of hydrogen-bond donors (Lipinski definition) is 0. The van der Waals surface area contributed by atoms with Crippen LogP contribution in [0.1, 0.15) is 22.3 Å². The van der Waals surface area contributed by atoms with Crippen molar-refractivity contribution in [1.29, 1.82) is 0 Å². The van der Waals surface area contributed by atoms with Gasteiger partial charge in [-0.15, -0.1) is 0 Å². The van der Waals surface area contributed by atoms with Crippen LogP contribution in [0.4, 0.5) is 17.1 Å². The van der Waals surface area contributed by atoms with E-state index in [0.29, 0.717) is 0 Å². The minimum atomic E-state index is -0.458. The third-order valence-corrected chi connectivity index (χ3v) is 14.0. The van der Waals surface area contributed by atoms with Gasteiger partial charge in [0.1, 0.15) is 11.2 Å². The molecule has 0 aliphatic heterocycles. The maximum atomic E-state index is 6.29. The fraction of sp³-hybridized carbons (Fsp3) is 0.0154. The smallest absolute Gasteiger partial charge is 0.136 e. The van der Waals surface area contributed by atoms with Gasteiger partial charge in [-0.1, -0.05) is 200 Å². The Morgan fingerprint density at radius 1 is 0.284 bits per heavy atom. The van der Waals surface area contributed by atoms with Gasteiger partial charge in [0.25, 0.3) is 0 Å². The van der Waals surface area contributed by atoms with Crippen LogP contribution in [0.25, 0.3) is 77.2 Å². The predicted octanol–water partition coefficient (Wildman–Crippen LogP) is 17.6. The number of furan rings is 1. The van der Waals surface area contributed by atoms with Crippen LogP contribution in [0.3, 0.4) is 0 Å². The molecule has 0 fully saturated rings. The lowest BCUT2D eigenvalue weighted by molar-refractivity contribution is 0.669. The molecule has 2 nitrogen and oxygen atoms in total. The van der Waals surface area contributed by atoms with Crippen molar-refractivity contribution < 1.29 is 4.42 Å². The largest absolute Gasteiger partial charge is 0.456 e. The van der Waals surface area contributed by atoms with Crippen LogP contribution in [0.15, 0.2) is 265 Å². The fourth-order valence-corrected chi connectivity index (χ4v) is 10.9. The average molecular weight is 854 g/mol. The van der Waals surface area contributed by atoms with Crippen LogP contribution in [-0.2, 0) is 5.41 Å². The van der Waals surface area contributed by atoms with E-state index in [0.717, 1.165) is 50.1 Å². The van der Waals surface area contributed by atoms with Crippen molar-refractivity contribution >= 4 is 49.8 Å². The first-order valence-electron chi connectivity index (χ1n) is 23.1. The summed E-state index contributed by atoms with van der Waals surface area (Å²) in [5.74, 6) is 0. The van der Waals surface area contributed by atoms with Gasteiger partial charge in [0.15, 0.2) is 0 Å². The summed E-state index contributed by atoms with van der Waals surface area (Å²) in [6, 6.07) is 95.1. The molecule has 0 saturated carbocycles. The van der Waals surface area contributed by atoms with E-state index in [-0.39, 0.29) is 0 Å². The second kappa shape index (κ2) is 15.8. The van der Waals surface area contributed by atoms with E-state index in [9.17, 15) is 0 Å². The normalized spacial score (nSPS) is 12.6. The van der Waals surface area contributed by atoms with Crippen molar-refractivity contribution in [2.24, 2.45) is 0 Å². The van der Waals surface area contributed by atoms with E-state index in [4.69, 9.17) is 4.42 Å². The van der Waals surface area contributed by atoms with Crippen molar-refractivity contribution in [2.45, 2.75) is 5.41 Å². The predicted molar refractivity (Wildman–Crippen MR) is 280 cm³/mol. The number of hydrogen-bond acceptors (Lipinski definition) is 2. The highest BCUT2D eigenvalue weighted by atomic mass is 16.3. The van der Waals surface area contributed by atoms with E-state index >= 15 is 0 Å². The van der Waals surface area contributed by atoms with Crippen LogP contribution in [0, 0.1) is 0 Å². The summed E-state index contributed by atoms with van der Waals surface area (Å²) >= 11 is 0. The molecule has 11 aromatic carbocycles. The maximum Gasteiger partial charge on any atom is 0.136 e. The van der Waals surface area contributed by atoms with Gasteiger partial charge in [0.05, 0.1) is 5.41 Å². The lowest BCUT2D eigenvalue weighted by atomic mass is 9.67. The molecule has 0 bridgehead atoms. The zero-order valence-corrected chi connectivity index (χ0v) is 36.7. The molecule has 12 aromatic rings. The number of rotatable bonds is 8. The standard InChI is InChI=1S/C65H43NO/c1-3-18-50(19-4-1)65(51-20-5-2-6-21-51)61-27-11-9-24-57(61)58-39-33-47(42-62(58)65)44-29-35-52(36-30-44)66(54-22-13-17-49(41-54)56-26-14-16-46-15-7-8-23-55(46)56)53-37-31-45(32-38-53)48-34-40-60-59-25-10-12-28-63(59)67-64(60)43-48/h1-43H. The van der Waals surface area contributed by atoms with E-state index in [2.05, 4.69) is 254 Å². The molecule has 0 amide bonds. The van der Waals surface area contributed by atoms with E-state index in [1.807, 2.05) is 12.1 Å². The zero-order chi connectivity index (χ0) is 44.3. The van der Waals surface area contributed by atoms with Crippen molar-refractivity contribution in [3.63, 3.8) is 0 Å². The first-order valence-corrected chi connectivity index (χ1v) is 23.1. The minimum absolute atomic E-state index is 0.458. The Morgan fingerprint density at radius 2 is 0.821 bits per heavy atom. The minimum Gasteiger partial charge on any atom is -0.456 e. The van der Waals surface area contributed by atoms with Gasteiger partial charge in [0, 0.05) is 27.8 Å². The molecule has 0 spiro atoms. The van der Waals surface area contributed by atoms with Crippen molar-refractivity contribution in [1.82, 2.24) is 0 Å². The molecule has 67 heavy (non-hydrogen) atoms. The van der Waals surface area contributed by atoms with Gasteiger partial charge in [-0.25, -0.2) is 0 Å². The third-order valence-electron chi connectivity index (χ3n) is 14.0. The first kappa shape index (κ1) is 38.7. The maximum absolute atomic E-state index is 6.29. The number of para-hydroxylation sites is 1. The zero-order valence-electron chi connectivity index (χ0n) is 36.7. The summed E-state index contributed by atoms with van der Waals surface area (Å²) in [5, 5.41) is 4.74. The Hall–Kier alpha value is -8.72. The van der Waals surface area contributed by atoms with E-state index < -0.39 is 5.41 Å². The van der Waals surface area contributed by atoms with Crippen LogP contribution >= 0.6 is 0 Å². The van der Waals surface area contributed by atoms with Gasteiger partial charge in [0.2, 0.25) is 0 Å². The summed E-state index contributed by atoms with van der Waals surface area (Å²) in [5.41, 5.74) is 19.3. The molecule has 0 saturated heterocycles. The Labute approximate surface area is 390 Å². The number of nitrogens with zero attached hydrogens (tertiary/aromatic N) is 1. The molecule has 1 aliphatic rings. The fourth-order valence-electron chi connectivity index (χ4n) is 10.9.